The van der Waals surface area contributed by atoms with Gasteiger partial charge in [-0.2, -0.15) is 0 Å². The maximum Gasteiger partial charge on any atom is 0.340 e. The Bertz CT molecular complexity index is 1530. The van der Waals surface area contributed by atoms with Crippen LogP contribution in [0.4, 0.5) is 5.69 Å². The number of benzene rings is 3. The SMILES string of the molecule is COC(=O)c1c(-c2ccccc2)ccc(C(C)(C)C)c1-n1cnc2ccc(N3CCC(C(C)C)CC3=O)cc21. The molecule has 0 N–H and O–H groups in total. The molecule has 0 aliphatic carbocycles. The van der Waals surface area contributed by atoms with Crippen LogP contribution >= 0.6 is 0 Å². The van der Waals surface area contributed by atoms with Gasteiger partial charge >= 0.3 is 5.97 Å². The van der Waals surface area contributed by atoms with Gasteiger partial charge in [0.05, 0.1) is 29.4 Å². The number of amides is 1. The lowest BCUT2D eigenvalue weighted by atomic mass is 9.82. The van der Waals surface area contributed by atoms with Gasteiger partial charge in [-0.1, -0.05) is 77.1 Å². The minimum Gasteiger partial charge on any atom is -0.465 e. The number of hydrogen-bond donors (Lipinski definition) is 0. The van der Waals surface area contributed by atoms with Crippen molar-refractivity contribution in [1.29, 1.82) is 0 Å². The molecule has 1 atom stereocenters. The lowest BCUT2D eigenvalue weighted by Gasteiger charge is -2.33. The van der Waals surface area contributed by atoms with E-state index in [9.17, 15) is 9.59 Å². The fourth-order valence-electron chi connectivity index (χ4n) is 5.65. The largest absolute Gasteiger partial charge is 0.465 e. The third-order valence-corrected chi connectivity index (χ3v) is 7.95. The van der Waals surface area contributed by atoms with Gasteiger partial charge in [-0.15, -0.1) is 0 Å². The molecule has 1 amide bonds. The molecule has 3 aromatic carbocycles. The minimum atomic E-state index is -0.404. The van der Waals surface area contributed by atoms with Gasteiger partial charge < -0.3 is 9.64 Å². The third-order valence-electron chi connectivity index (χ3n) is 7.95. The molecule has 202 valence electrons. The Morgan fingerprint density at radius 2 is 1.79 bits per heavy atom. The average Bonchev–Trinajstić information content (AvgIpc) is 3.34. The summed E-state index contributed by atoms with van der Waals surface area (Å²) >= 11 is 0. The summed E-state index contributed by atoms with van der Waals surface area (Å²) in [7, 11) is 1.42. The number of imidazole rings is 1. The zero-order chi connectivity index (χ0) is 27.9. The highest BCUT2D eigenvalue weighted by Gasteiger charge is 2.31. The first-order valence-electron chi connectivity index (χ1n) is 13.7. The number of anilines is 1. The number of aromatic nitrogens is 2. The van der Waals surface area contributed by atoms with Crippen LogP contribution in [0.15, 0.2) is 67.0 Å². The van der Waals surface area contributed by atoms with Crippen LogP contribution in [-0.4, -0.2) is 35.1 Å². The van der Waals surface area contributed by atoms with Crippen molar-refractivity contribution >= 4 is 28.6 Å². The predicted molar refractivity (Wildman–Crippen MR) is 156 cm³/mol. The molecule has 6 nitrogen and oxygen atoms in total. The Morgan fingerprint density at radius 3 is 2.44 bits per heavy atom. The van der Waals surface area contributed by atoms with Gasteiger partial charge in [0.1, 0.15) is 6.33 Å². The molecule has 2 heterocycles. The first kappa shape index (κ1) is 26.7. The molecule has 1 saturated heterocycles. The van der Waals surface area contributed by atoms with Crippen molar-refractivity contribution in [2.24, 2.45) is 11.8 Å². The maximum absolute atomic E-state index is 13.5. The molecule has 0 spiro atoms. The summed E-state index contributed by atoms with van der Waals surface area (Å²) in [6.07, 6.45) is 3.32. The van der Waals surface area contributed by atoms with Crippen LogP contribution in [0, 0.1) is 11.8 Å². The van der Waals surface area contributed by atoms with E-state index in [0.717, 1.165) is 45.5 Å². The molecule has 1 unspecified atom stereocenters. The fourth-order valence-corrected chi connectivity index (χ4v) is 5.65. The number of rotatable bonds is 5. The Morgan fingerprint density at radius 1 is 1.05 bits per heavy atom. The minimum absolute atomic E-state index is 0.155. The lowest BCUT2D eigenvalue weighted by Crippen LogP contribution is -2.40. The van der Waals surface area contributed by atoms with Gasteiger partial charge in [0.15, 0.2) is 0 Å². The van der Waals surface area contributed by atoms with Crippen molar-refractivity contribution in [2.75, 3.05) is 18.6 Å². The molecule has 5 rings (SSSR count). The molecule has 1 aliphatic heterocycles. The van der Waals surface area contributed by atoms with Crippen LogP contribution in [-0.2, 0) is 14.9 Å². The number of ether oxygens (including phenoxy) is 1. The van der Waals surface area contributed by atoms with Crippen LogP contribution in [0.25, 0.3) is 27.8 Å². The van der Waals surface area contributed by atoms with Gasteiger partial charge in [-0.25, -0.2) is 9.78 Å². The van der Waals surface area contributed by atoms with E-state index >= 15 is 0 Å². The molecule has 4 aromatic rings. The van der Waals surface area contributed by atoms with Crippen molar-refractivity contribution < 1.29 is 14.3 Å². The highest BCUT2D eigenvalue weighted by Crippen LogP contribution is 2.39. The molecule has 1 aromatic heterocycles. The second-order valence-electron chi connectivity index (χ2n) is 11.8. The van der Waals surface area contributed by atoms with E-state index in [4.69, 9.17) is 9.72 Å². The summed E-state index contributed by atoms with van der Waals surface area (Å²) in [4.78, 5) is 33.2. The second-order valence-corrected chi connectivity index (χ2v) is 11.8. The zero-order valence-corrected chi connectivity index (χ0v) is 23.7. The maximum atomic E-state index is 13.5. The summed E-state index contributed by atoms with van der Waals surface area (Å²) in [5.41, 5.74) is 6.20. The van der Waals surface area contributed by atoms with E-state index < -0.39 is 5.97 Å². The molecule has 1 aliphatic rings. The summed E-state index contributed by atoms with van der Waals surface area (Å²) in [5.74, 6) is 0.658. The number of methoxy groups -OCH3 is 1. The topological polar surface area (TPSA) is 64.4 Å². The highest BCUT2D eigenvalue weighted by molar-refractivity contribution is 6.03. The molecule has 0 radical (unpaired) electrons. The summed E-state index contributed by atoms with van der Waals surface area (Å²) in [5, 5.41) is 0. The van der Waals surface area contributed by atoms with Gasteiger partial charge in [-0.05, 0) is 58.6 Å². The van der Waals surface area contributed by atoms with Crippen LogP contribution in [0.1, 0.15) is 63.4 Å². The Balaban J connectivity index is 1.73. The van der Waals surface area contributed by atoms with E-state index in [1.807, 2.05) is 64.1 Å². The number of hydrogen-bond acceptors (Lipinski definition) is 4. The third kappa shape index (κ3) is 4.96. The van der Waals surface area contributed by atoms with Crippen molar-refractivity contribution in [2.45, 2.75) is 52.9 Å². The highest BCUT2D eigenvalue weighted by atomic mass is 16.5. The van der Waals surface area contributed by atoms with Crippen LogP contribution in [0.2, 0.25) is 0 Å². The normalized spacial score (nSPS) is 16.2. The Kier molecular flexibility index (Phi) is 7.06. The number of carbonyl (C=O) groups is 2. The smallest absolute Gasteiger partial charge is 0.340 e. The van der Waals surface area contributed by atoms with E-state index in [0.29, 0.717) is 30.4 Å². The fraction of sp³-hybridized carbons (Fsp3) is 0.364. The molecule has 6 heteroatoms. The summed E-state index contributed by atoms with van der Waals surface area (Å²) in [6.45, 7) is 11.5. The van der Waals surface area contributed by atoms with Gasteiger partial charge in [0.2, 0.25) is 5.91 Å². The van der Waals surface area contributed by atoms with Crippen molar-refractivity contribution in [3.63, 3.8) is 0 Å². The van der Waals surface area contributed by atoms with E-state index in [-0.39, 0.29) is 11.3 Å². The zero-order valence-electron chi connectivity index (χ0n) is 23.7. The number of nitrogens with zero attached hydrogens (tertiary/aromatic N) is 3. The Labute approximate surface area is 230 Å². The monoisotopic (exact) mass is 523 g/mol. The van der Waals surface area contributed by atoms with Crippen molar-refractivity contribution in [3.05, 3.63) is 78.1 Å². The van der Waals surface area contributed by atoms with Crippen LogP contribution in [0.3, 0.4) is 0 Å². The first-order chi connectivity index (χ1) is 18.6. The van der Waals surface area contributed by atoms with E-state index in [1.165, 1.54) is 7.11 Å². The van der Waals surface area contributed by atoms with Gasteiger partial charge in [-0.3, -0.25) is 9.36 Å². The molecule has 0 saturated carbocycles. The molecular formula is C33H37N3O3. The standard InChI is InChI=1S/C33H37N3O3/c1-21(2)23-16-17-35(29(37)18-23)24-12-15-27-28(19-24)36(20-34-27)31-26(33(3,4)5)14-13-25(30(31)32(38)39-6)22-10-8-7-9-11-22/h7-15,19-21,23H,16-18H2,1-6H3. The molecule has 39 heavy (non-hydrogen) atoms. The predicted octanol–water partition coefficient (Wildman–Crippen LogP) is 7.18. The van der Waals surface area contributed by atoms with Crippen LogP contribution < -0.4 is 4.90 Å². The van der Waals surface area contributed by atoms with Crippen molar-refractivity contribution in [1.82, 2.24) is 9.55 Å². The quantitative estimate of drug-likeness (QED) is 0.260. The van der Waals surface area contributed by atoms with E-state index in [1.54, 1.807) is 6.33 Å². The van der Waals surface area contributed by atoms with Crippen molar-refractivity contribution in [3.8, 4) is 16.8 Å². The lowest BCUT2D eigenvalue weighted by molar-refractivity contribution is -0.121. The molecule has 1 fully saturated rings. The number of fused-ring (bicyclic) bond motifs is 1. The first-order valence-corrected chi connectivity index (χ1v) is 13.7. The number of esters is 1. The summed E-state index contributed by atoms with van der Waals surface area (Å²) in [6, 6.07) is 19.9. The number of carbonyl (C=O) groups excluding carboxylic acids is 2. The number of piperidine rings is 1. The van der Waals surface area contributed by atoms with Gasteiger partial charge in [0.25, 0.3) is 0 Å². The average molecular weight is 524 g/mol. The Hall–Kier alpha value is -3.93. The summed E-state index contributed by atoms with van der Waals surface area (Å²) < 4.78 is 7.34. The molecule has 0 bridgehead atoms. The second kappa shape index (κ2) is 10.3. The molecular weight excluding hydrogens is 486 g/mol. The van der Waals surface area contributed by atoms with Gasteiger partial charge in [0, 0.05) is 18.7 Å². The van der Waals surface area contributed by atoms with Crippen LogP contribution in [0.5, 0.6) is 0 Å². The van der Waals surface area contributed by atoms with E-state index in [2.05, 4.69) is 40.7 Å².